The maximum absolute atomic E-state index is 12.6. The lowest BCUT2D eigenvalue weighted by Gasteiger charge is -2.15. The Hall–Kier alpha value is -4.11. The van der Waals surface area contributed by atoms with Crippen molar-refractivity contribution in [2.75, 3.05) is 5.32 Å². The average molecular weight is 400 g/mol. The molecule has 3 aromatic carbocycles. The van der Waals surface area contributed by atoms with Crippen LogP contribution in [0, 0.1) is 11.3 Å². The normalized spacial score (nSPS) is 11.1. The van der Waals surface area contributed by atoms with Gasteiger partial charge < -0.3 is 14.8 Å². The highest BCUT2D eigenvalue weighted by Gasteiger charge is 2.21. The number of nitrogens with zero attached hydrogens (tertiary/aromatic N) is 1. The summed E-state index contributed by atoms with van der Waals surface area (Å²) in [5.41, 5.74) is 2.07. The standard InChI is InChI=1S/C24H20N2O4/c1-17(23(27)26-20-11-7-10-19(14-20)15-25)30-24(28)21-12-5-6-13-22(21)29-16-18-8-3-2-4-9-18/h2-14,17H,16H2,1H3,(H,26,27)/t17-/m1/s1. The van der Waals surface area contributed by atoms with Crippen LogP contribution in [0.2, 0.25) is 0 Å². The summed E-state index contributed by atoms with van der Waals surface area (Å²) in [4.78, 5) is 25.0. The van der Waals surface area contributed by atoms with Gasteiger partial charge in [0.15, 0.2) is 6.10 Å². The Labute approximate surface area is 174 Å². The monoisotopic (exact) mass is 400 g/mol. The fraction of sp³-hybridized carbons (Fsp3) is 0.125. The number of hydrogen-bond donors (Lipinski definition) is 1. The summed E-state index contributed by atoms with van der Waals surface area (Å²) >= 11 is 0. The van der Waals surface area contributed by atoms with E-state index in [9.17, 15) is 9.59 Å². The molecule has 6 heteroatoms. The van der Waals surface area contributed by atoms with E-state index in [0.29, 0.717) is 23.6 Å². The van der Waals surface area contributed by atoms with Crippen molar-refractivity contribution in [3.8, 4) is 11.8 Å². The van der Waals surface area contributed by atoms with Crippen LogP contribution in [0.1, 0.15) is 28.4 Å². The molecule has 6 nitrogen and oxygen atoms in total. The molecule has 0 heterocycles. The SMILES string of the molecule is C[C@@H](OC(=O)c1ccccc1OCc1ccccc1)C(=O)Nc1cccc(C#N)c1. The van der Waals surface area contributed by atoms with Gasteiger partial charge in [0.1, 0.15) is 17.9 Å². The number of carbonyl (C=O) groups is 2. The first kappa shape index (κ1) is 20.6. The highest BCUT2D eigenvalue weighted by molar-refractivity contribution is 5.98. The van der Waals surface area contributed by atoms with E-state index in [0.717, 1.165) is 5.56 Å². The zero-order valence-electron chi connectivity index (χ0n) is 16.4. The van der Waals surface area contributed by atoms with Gasteiger partial charge >= 0.3 is 5.97 Å². The molecule has 0 aliphatic heterocycles. The summed E-state index contributed by atoms with van der Waals surface area (Å²) < 4.78 is 11.1. The van der Waals surface area contributed by atoms with Crippen LogP contribution in [-0.4, -0.2) is 18.0 Å². The van der Waals surface area contributed by atoms with Crippen molar-refractivity contribution >= 4 is 17.6 Å². The van der Waals surface area contributed by atoms with Gasteiger partial charge in [-0.2, -0.15) is 5.26 Å². The van der Waals surface area contributed by atoms with E-state index < -0.39 is 18.0 Å². The summed E-state index contributed by atoms with van der Waals surface area (Å²) in [7, 11) is 0. The lowest BCUT2D eigenvalue weighted by atomic mass is 10.2. The fourth-order valence-corrected chi connectivity index (χ4v) is 2.68. The van der Waals surface area contributed by atoms with Crippen LogP contribution >= 0.6 is 0 Å². The number of amides is 1. The van der Waals surface area contributed by atoms with Gasteiger partial charge in [-0.3, -0.25) is 4.79 Å². The molecular weight excluding hydrogens is 380 g/mol. The van der Waals surface area contributed by atoms with Crippen molar-refractivity contribution in [3.63, 3.8) is 0 Å². The van der Waals surface area contributed by atoms with Crippen LogP contribution in [0.4, 0.5) is 5.69 Å². The Morgan fingerprint density at radius 2 is 1.73 bits per heavy atom. The first-order valence-corrected chi connectivity index (χ1v) is 9.34. The number of ether oxygens (including phenoxy) is 2. The minimum Gasteiger partial charge on any atom is -0.488 e. The predicted molar refractivity (Wildman–Crippen MR) is 112 cm³/mol. The second kappa shape index (κ2) is 9.89. The van der Waals surface area contributed by atoms with E-state index in [1.165, 1.54) is 6.92 Å². The summed E-state index contributed by atoms with van der Waals surface area (Å²) in [5.74, 6) is -0.783. The van der Waals surface area contributed by atoms with Crippen molar-refractivity contribution in [2.45, 2.75) is 19.6 Å². The number of para-hydroxylation sites is 1. The number of nitrogens with one attached hydrogen (secondary N) is 1. The molecule has 0 radical (unpaired) electrons. The summed E-state index contributed by atoms with van der Waals surface area (Å²) in [5, 5.41) is 11.6. The molecular formula is C24H20N2O4. The van der Waals surface area contributed by atoms with Gasteiger partial charge in [0, 0.05) is 5.69 Å². The van der Waals surface area contributed by atoms with Crippen LogP contribution in [0.3, 0.4) is 0 Å². The van der Waals surface area contributed by atoms with Crippen molar-refractivity contribution < 1.29 is 19.1 Å². The van der Waals surface area contributed by atoms with Crippen molar-refractivity contribution in [3.05, 3.63) is 95.6 Å². The fourth-order valence-electron chi connectivity index (χ4n) is 2.68. The lowest BCUT2D eigenvalue weighted by molar-refractivity contribution is -0.123. The highest BCUT2D eigenvalue weighted by atomic mass is 16.5. The molecule has 1 N–H and O–H groups in total. The molecule has 0 spiro atoms. The third-order valence-corrected chi connectivity index (χ3v) is 4.26. The first-order chi connectivity index (χ1) is 14.6. The van der Waals surface area contributed by atoms with Gasteiger partial charge in [0.25, 0.3) is 5.91 Å². The van der Waals surface area contributed by atoms with E-state index in [1.807, 2.05) is 36.4 Å². The molecule has 30 heavy (non-hydrogen) atoms. The highest BCUT2D eigenvalue weighted by Crippen LogP contribution is 2.21. The van der Waals surface area contributed by atoms with E-state index in [-0.39, 0.29) is 5.56 Å². The van der Waals surface area contributed by atoms with E-state index in [4.69, 9.17) is 14.7 Å². The smallest absolute Gasteiger partial charge is 0.342 e. The van der Waals surface area contributed by atoms with Crippen molar-refractivity contribution in [1.82, 2.24) is 0 Å². The summed E-state index contributed by atoms with van der Waals surface area (Å²) in [6.45, 7) is 1.78. The van der Waals surface area contributed by atoms with Crippen LogP contribution in [0.25, 0.3) is 0 Å². The summed E-state index contributed by atoms with van der Waals surface area (Å²) in [6.07, 6.45) is -1.04. The molecule has 3 aromatic rings. The molecule has 0 saturated heterocycles. The molecule has 1 amide bonds. The minimum atomic E-state index is -1.04. The minimum absolute atomic E-state index is 0.236. The third-order valence-electron chi connectivity index (χ3n) is 4.26. The van der Waals surface area contributed by atoms with Gasteiger partial charge in [0.2, 0.25) is 0 Å². The number of hydrogen-bond acceptors (Lipinski definition) is 5. The number of anilines is 1. The number of benzene rings is 3. The second-order valence-electron chi connectivity index (χ2n) is 6.50. The van der Waals surface area contributed by atoms with Crippen molar-refractivity contribution in [1.29, 1.82) is 5.26 Å². The van der Waals surface area contributed by atoms with Gasteiger partial charge in [-0.15, -0.1) is 0 Å². The Kier molecular flexibility index (Phi) is 6.80. The Morgan fingerprint density at radius 3 is 2.50 bits per heavy atom. The average Bonchev–Trinajstić information content (AvgIpc) is 2.78. The first-order valence-electron chi connectivity index (χ1n) is 9.34. The largest absolute Gasteiger partial charge is 0.488 e. The van der Waals surface area contributed by atoms with Crippen LogP contribution in [0.15, 0.2) is 78.9 Å². The molecule has 0 unspecified atom stereocenters. The molecule has 150 valence electrons. The molecule has 1 atom stereocenters. The third kappa shape index (κ3) is 5.46. The molecule has 3 rings (SSSR count). The van der Waals surface area contributed by atoms with Gasteiger partial charge in [-0.1, -0.05) is 48.5 Å². The molecule has 0 aliphatic rings. The van der Waals surface area contributed by atoms with E-state index >= 15 is 0 Å². The van der Waals surface area contributed by atoms with Gasteiger partial charge in [-0.25, -0.2) is 4.79 Å². The maximum atomic E-state index is 12.6. The lowest BCUT2D eigenvalue weighted by Crippen LogP contribution is -2.30. The topological polar surface area (TPSA) is 88.4 Å². The van der Waals surface area contributed by atoms with Crippen LogP contribution < -0.4 is 10.1 Å². The Balaban J connectivity index is 1.63. The molecule has 0 saturated carbocycles. The van der Waals surface area contributed by atoms with E-state index in [1.54, 1.807) is 48.5 Å². The Morgan fingerprint density at radius 1 is 1.00 bits per heavy atom. The van der Waals surface area contributed by atoms with Gasteiger partial charge in [0.05, 0.1) is 11.6 Å². The Bertz CT molecular complexity index is 1070. The molecule has 0 bridgehead atoms. The summed E-state index contributed by atoms with van der Waals surface area (Å²) in [6, 6.07) is 24.8. The quantitative estimate of drug-likeness (QED) is 0.597. The number of nitriles is 1. The number of rotatable bonds is 7. The van der Waals surface area contributed by atoms with Crippen molar-refractivity contribution in [2.24, 2.45) is 0 Å². The number of esters is 1. The zero-order chi connectivity index (χ0) is 21.3. The maximum Gasteiger partial charge on any atom is 0.342 e. The number of carbonyl (C=O) groups excluding carboxylic acids is 2. The van der Waals surface area contributed by atoms with Crippen LogP contribution in [0.5, 0.6) is 5.75 Å². The second-order valence-corrected chi connectivity index (χ2v) is 6.50. The van der Waals surface area contributed by atoms with Crippen LogP contribution in [-0.2, 0) is 16.1 Å². The zero-order valence-corrected chi connectivity index (χ0v) is 16.4. The predicted octanol–water partition coefficient (Wildman–Crippen LogP) is 4.32. The molecule has 0 aromatic heterocycles. The van der Waals surface area contributed by atoms with Gasteiger partial charge in [-0.05, 0) is 42.8 Å². The molecule has 0 fully saturated rings. The van der Waals surface area contributed by atoms with E-state index in [2.05, 4.69) is 5.32 Å². The molecule has 0 aliphatic carbocycles.